The fraction of sp³-hybridized carbons (Fsp3) is 0.231. The molecule has 6 nitrogen and oxygen atoms in total. The maximum Gasteiger partial charge on any atom is 0.407 e. The van der Waals surface area contributed by atoms with Crippen LogP contribution in [0.1, 0.15) is 5.82 Å². The molecule has 0 unspecified atom stereocenters. The molecule has 104 valence electrons. The first-order valence-electron chi connectivity index (χ1n) is 6.07. The summed E-state index contributed by atoms with van der Waals surface area (Å²) in [5, 5.41) is 19.5. The Morgan fingerprint density at radius 2 is 2.15 bits per heavy atom. The second kappa shape index (κ2) is 4.72. The number of aromatic hydroxyl groups is 1. The zero-order valence-electron chi connectivity index (χ0n) is 10.5. The van der Waals surface area contributed by atoms with Gasteiger partial charge in [-0.3, -0.25) is 4.90 Å². The van der Waals surface area contributed by atoms with Crippen LogP contribution in [0.15, 0.2) is 24.4 Å². The second-order valence-electron chi connectivity index (χ2n) is 4.58. The summed E-state index contributed by atoms with van der Waals surface area (Å²) in [5.74, 6) is 0.783. The molecule has 1 aromatic carbocycles. The zero-order chi connectivity index (χ0) is 14.3. The SMILES string of the molecule is O=C(O)N1CCn2c(-c3cc(Cl)ccc3O)cnc2C1. The highest BCUT2D eigenvalue weighted by Gasteiger charge is 2.24. The van der Waals surface area contributed by atoms with Crippen molar-refractivity contribution in [3.63, 3.8) is 0 Å². The number of carbonyl (C=O) groups is 1. The van der Waals surface area contributed by atoms with Crippen molar-refractivity contribution < 1.29 is 15.0 Å². The first-order chi connectivity index (χ1) is 9.56. The number of hydrogen-bond acceptors (Lipinski definition) is 3. The van der Waals surface area contributed by atoms with Gasteiger partial charge in [0.2, 0.25) is 0 Å². The minimum Gasteiger partial charge on any atom is -0.507 e. The number of phenols is 1. The van der Waals surface area contributed by atoms with E-state index in [1.54, 1.807) is 18.3 Å². The number of halogens is 1. The van der Waals surface area contributed by atoms with Gasteiger partial charge in [-0.2, -0.15) is 0 Å². The van der Waals surface area contributed by atoms with Gasteiger partial charge >= 0.3 is 6.09 Å². The van der Waals surface area contributed by atoms with Gasteiger partial charge in [-0.1, -0.05) is 11.6 Å². The minimum absolute atomic E-state index is 0.123. The van der Waals surface area contributed by atoms with E-state index in [-0.39, 0.29) is 12.3 Å². The van der Waals surface area contributed by atoms with Gasteiger partial charge < -0.3 is 14.8 Å². The van der Waals surface area contributed by atoms with E-state index in [9.17, 15) is 9.90 Å². The number of aromatic nitrogens is 2. The van der Waals surface area contributed by atoms with Crippen molar-refractivity contribution in [1.82, 2.24) is 14.5 Å². The molecule has 0 atom stereocenters. The van der Waals surface area contributed by atoms with Gasteiger partial charge in [-0.25, -0.2) is 9.78 Å². The molecule has 2 heterocycles. The molecular formula is C13H12ClN3O3. The smallest absolute Gasteiger partial charge is 0.407 e. The summed E-state index contributed by atoms with van der Waals surface area (Å²) in [6.07, 6.45) is 0.679. The fourth-order valence-electron chi connectivity index (χ4n) is 2.35. The van der Waals surface area contributed by atoms with Crippen LogP contribution in [0.5, 0.6) is 5.75 Å². The molecule has 1 amide bonds. The Hall–Kier alpha value is -2.21. The van der Waals surface area contributed by atoms with Crippen molar-refractivity contribution in [2.45, 2.75) is 13.1 Å². The molecule has 2 aromatic rings. The number of hydrogen-bond donors (Lipinski definition) is 2. The first kappa shape index (κ1) is 12.8. The van der Waals surface area contributed by atoms with Crippen molar-refractivity contribution in [3.8, 4) is 17.0 Å². The lowest BCUT2D eigenvalue weighted by Crippen LogP contribution is -2.37. The maximum atomic E-state index is 11.0. The minimum atomic E-state index is -0.952. The topological polar surface area (TPSA) is 78.6 Å². The lowest BCUT2D eigenvalue weighted by atomic mass is 10.1. The number of phenolic OH excluding ortho intramolecular Hbond substituents is 1. The van der Waals surface area contributed by atoms with Crippen LogP contribution in [0.25, 0.3) is 11.3 Å². The Balaban J connectivity index is 2.02. The predicted octanol–water partition coefficient (Wildman–Crippen LogP) is 2.40. The summed E-state index contributed by atoms with van der Waals surface area (Å²) in [4.78, 5) is 16.5. The van der Waals surface area contributed by atoms with E-state index in [4.69, 9.17) is 16.7 Å². The molecule has 1 aliphatic rings. The number of fused-ring (bicyclic) bond motifs is 1. The molecule has 0 saturated heterocycles. The van der Waals surface area contributed by atoms with Crippen LogP contribution in [0.3, 0.4) is 0 Å². The zero-order valence-corrected chi connectivity index (χ0v) is 11.2. The van der Waals surface area contributed by atoms with Crippen LogP contribution in [-0.2, 0) is 13.1 Å². The second-order valence-corrected chi connectivity index (χ2v) is 5.01. The van der Waals surface area contributed by atoms with Crippen molar-refractivity contribution in [2.24, 2.45) is 0 Å². The molecule has 0 spiro atoms. The largest absolute Gasteiger partial charge is 0.507 e. The molecule has 0 aliphatic carbocycles. The quantitative estimate of drug-likeness (QED) is 0.846. The Kier molecular flexibility index (Phi) is 3.02. The molecule has 0 saturated carbocycles. The first-order valence-corrected chi connectivity index (χ1v) is 6.45. The third-order valence-electron chi connectivity index (χ3n) is 3.37. The lowest BCUT2D eigenvalue weighted by molar-refractivity contribution is 0.132. The molecule has 1 aromatic heterocycles. The number of amides is 1. The molecule has 20 heavy (non-hydrogen) atoms. The van der Waals surface area contributed by atoms with E-state index in [1.165, 1.54) is 11.0 Å². The molecule has 0 bridgehead atoms. The Labute approximate surface area is 119 Å². The van der Waals surface area contributed by atoms with Gasteiger partial charge in [-0.15, -0.1) is 0 Å². The van der Waals surface area contributed by atoms with Gasteiger partial charge in [0.1, 0.15) is 11.6 Å². The van der Waals surface area contributed by atoms with Crippen LogP contribution < -0.4 is 0 Å². The van der Waals surface area contributed by atoms with E-state index < -0.39 is 6.09 Å². The number of rotatable bonds is 1. The van der Waals surface area contributed by atoms with Gasteiger partial charge in [0.25, 0.3) is 0 Å². The third kappa shape index (κ3) is 2.08. The summed E-state index contributed by atoms with van der Waals surface area (Å²) >= 11 is 5.95. The van der Waals surface area contributed by atoms with Crippen molar-refractivity contribution >= 4 is 17.7 Å². The van der Waals surface area contributed by atoms with E-state index >= 15 is 0 Å². The molecule has 0 radical (unpaired) electrons. The fourth-order valence-corrected chi connectivity index (χ4v) is 2.52. The van der Waals surface area contributed by atoms with Crippen molar-refractivity contribution in [1.29, 1.82) is 0 Å². The number of nitrogens with zero attached hydrogens (tertiary/aromatic N) is 3. The van der Waals surface area contributed by atoms with Crippen LogP contribution in [0, 0.1) is 0 Å². The van der Waals surface area contributed by atoms with E-state index in [2.05, 4.69) is 4.98 Å². The van der Waals surface area contributed by atoms with Gasteiger partial charge in [0.15, 0.2) is 0 Å². The van der Waals surface area contributed by atoms with Gasteiger partial charge in [0.05, 0.1) is 18.4 Å². The highest BCUT2D eigenvalue weighted by atomic mass is 35.5. The number of imidazole rings is 1. The average molecular weight is 294 g/mol. The van der Waals surface area contributed by atoms with Crippen LogP contribution in [-0.4, -0.2) is 37.3 Å². The Morgan fingerprint density at radius 1 is 1.35 bits per heavy atom. The van der Waals surface area contributed by atoms with Crippen LogP contribution in [0.4, 0.5) is 4.79 Å². The number of benzene rings is 1. The summed E-state index contributed by atoms with van der Waals surface area (Å²) in [6, 6.07) is 4.81. The highest BCUT2D eigenvalue weighted by molar-refractivity contribution is 6.30. The van der Waals surface area contributed by atoms with E-state index in [0.717, 1.165) is 5.69 Å². The molecule has 3 rings (SSSR count). The van der Waals surface area contributed by atoms with Crippen LogP contribution >= 0.6 is 11.6 Å². The molecular weight excluding hydrogens is 282 g/mol. The van der Waals surface area contributed by atoms with E-state index in [0.29, 0.717) is 29.5 Å². The van der Waals surface area contributed by atoms with E-state index in [1.807, 2.05) is 4.57 Å². The van der Waals surface area contributed by atoms with Gasteiger partial charge in [-0.05, 0) is 18.2 Å². The molecule has 7 heteroatoms. The monoisotopic (exact) mass is 293 g/mol. The highest BCUT2D eigenvalue weighted by Crippen LogP contribution is 2.33. The van der Waals surface area contributed by atoms with Crippen molar-refractivity contribution in [3.05, 3.63) is 35.2 Å². The third-order valence-corrected chi connectivity index (χ3v) is 3.60. The normalized spacial score (nSPS) is 14.2. The summed E-state index contributed by atoms with van der Waals surface area (Å²) in [6.45, 7) is 1.15. The number of carboxylic acid groups (broad SMARTS) is 1. The average Bonchev–Trinajstić information content (AvgIpc) is 2.84. The Morgan fingerprint density at radius 3 is 2.90 bits per heavy atom. The van der Waals surface area contributed by atoms with Gasteiger partial charge in [0, 0.05) is 23.7 Å². The van der Waals surface area contributed by atoms with Crippen molar-refractivity contribution in [2.75, 3.05) is 6.54 Å². The van der Waals surface area contributed by atoms with Crippen LogP contribution in [0.2, 0.25) is 5.02 Å². The molecule has 2 N–H and O–H groups in total. The predicted molar refractivity (Wildman–Crippen MR) is 72.8 cm³/mol. The molecule has 1 aliphatic heterocycles. The summed E-state index contributed by atoms with van der Waals surface area (Å²) in [5.41, 5.74) is 1.34. The molecule has 0 fully saturated rings. The summed E-state index contributed by atoms with van der Waals surface area (Å²) < 4.78 is 1.91. The lowest BCUT2D eigenvalue weighted by Gasteiger charge is -2.26. The maximum absolute atomic E-state index is 11.0. The standard InChI is InChI=1S/C13H12ClN3O3/c14-8-1-2-11(18)9(5-8)10-6-15-12-7-16(13(19)20)3-4-17(10)12/h1-2,5-6,18H,3-4,7H2,(H,19,20). The summed E-state index contributed by atoms with van der Waals surface area (Å²) in [7, 11) is 0. The Bertz CT molecular complexity index is 683.